The molecule has 92 valence electrons. The summed E-state index contributed by atoms with van der Waals surface area (Å²) in [6.07, 6.45) is 0.664. The number of hydrogen-bond donors (Lipinski definition) is 1. The number of ether oxygens (including phenoxy) is 1. The molecule has 3 nitrogen and oxygen atoms in total. The third kappa shape index (κ3) is 3.11. The average molecular weight is 306 g/mol. The Kier molecular flexibility index (Phi) is 3.99. The molecule has 0 unspecified atom stereocenters. The average Bonchev–Trinajstić information content (AvgIpc) is 2.36. The molecule has 0 fully saturated rings. The van der Waals surface area contributed by atoms with Crippen molar-refractivity contribution in [1.82, 2.24) is 0 Å². The minimum absolute atomic E-state index is 0.664. The second-order valence-electron chi connectivity index (χ2n) is 3.79. The summed E-state index contributed by atoms with van der Waals surface area (Å²) in [6.45, 7) is 1.92. The van der Waals surface area contributed by atoms with Gasteiger partial charge in [0.05, 0.1) is 0 Å². The molecule has 0 radical (unpaired) electrons. The number of nitrogens with one attached hydrogen (secondary N) is 1. The maximum absolute atomic E-state index is 10.4. The Morgan fingerprint density at radius 3 is 2.39 bits per heavy atom. The number of aryl methyl sites for hydroxylation is 1. The number of halogens is 1. The minimum atomic E-state index is 0.664. The molecule has 0 saturated heterocycles. The molecule has 4 heteroatoms. The van der Waals surface area contributed by atoms with Gasteiger partial charge in [-0.2, -0.15) is 0 Å². The molecule has 0 heterocycles. The molecule has 1 N–H and O–H groups in total. The lowest BCUT2D eigenvalue weighted by Crippen LogP contribution is -1.96. The molecular weight excluding hydrogens is 294 g/mol. The van der Waals surface area contributed by atoms with Crippen LogP contribution in [0.2, 0.25) is 0 Å². The van der Waals surface area contributed by atoms with Crippen LogP contribution in [0, 0.1) is 6.92 Å². The van der Waals surface area contributed by atoms with Gasteiger partial charge in [0.25, 0.3) is 0 Å². The molecule has 0 bridgehead atoms. The Labute approximate surface area is 114 Å². The molecule has 1 amide bonds. The molecule has 0 aliphatic rings. The molecule has 2 aromatic carbocycles. The predicted octanol–water partition coefficient (Wildman–Crippen LogP) is 4.12. The maximum atomic E-state index is 10.4. The maximum Gasteiger partial charge on any atom is 0.211 e. The summed E-state index contributed by atoms with van der Waals surface area (Å²) < 4.78 is 6.72. The quantitative estimate of drug-likeness (QED) is 0.863. The van der Waals surface area contributed by atoms with E-state index in [9.17, 15) is 4.79 Å². The van der Waals surface area contributed by atoms with Gasteiger partial charge in [0.15, 0.2) is 0 Å². The van der Waals surface area contributed by atoms with Crippen LogP contribution in [0.3, 0.4) is 0 Å². The first-order valence-electron chi connectivity index (χ1n) is 5.43. The van der Waals surface area contributed by atoms with Crippen molar-refractivity contribution in [3.8, 4) is 11.5 Å². The topological polar surface area (TPSA) is 38.3 Å². The first kappa shape index (κ1) is 12.6. The van der Waals surface area contributed by atoms with Gasteiger partial charge in [0.1, 0.15) is 11.5 Å². The second-order valence-corrected chi connectivity index (χ2v) is 4.71. The fourth-order valence-electron chi connectivity index (χ4n) is 1.56. The largest absolute Gasteiger partial charge is 0.457 e. The van der Waals surface area contributed by atoms with Gasteiger partial charge >= 0.3 is 0 Å². The van der Waals surface area contributed by atoms with Crippen molar-refractivity contribution in [2.75, 3.05) is 5.32 Å². The number of anilines is 1. The fraction of sp³-hybridized carbons (Fsp3) is 0.0714. The summed E-state index contributed by atoms with van der Waals surface area (Å²) in [6, 6.07) is 13.1. The van der Waals surface area contributed by atoms with Gasteiger partial charge in [-0.15, -0.1) is 0 Å². The SMILES string of the molecule is Cc1cc(Oc2ccc(Br)cc2)ccc1NC=O. The highest BCUT2D eigenvalue weighted by atomic mass is 79.9. The lowest BCUT2D eigenvalue weighted by molar-refractivity contribution is -0.105. The lowest BCUT2D eigenvalue weighted by atomic mass is 10.2. The monoisotopic (exact) mass is 305 g/mol. The number of carbonyl (C=O) groups is 1. The molecule has 0 aliphatic heterocycles. The molecule has 2 aromatic rings. The number of rotatable bonds is 4. The van der Waals surface area contributed by atoms with E-state index >= 15 is 0 Å². The Hall–Kier alpha value is -1.81. The predicted molar refractivity (Wildman–Crippen MR) is 75.1 cm³/mol. The van der Waals surface area contributed by atoms with E-state index in [2.05, 4.69) is 21.2 Å². The van der Waals surface area contributed by atoms with E-state index in [1.54, 1.807) is 0 Å². The molecule has 0 aliphatic carbocycles. The highest BCUT2D eigenvalue weighted by Gasteiger charge is 2.01. The first-order valence-corrected chi connectivity index (χ1v) is 6.22. The first-order chi connectivity index (χ1) is 8.69. The van der Waals surface area contributed by atoms with E-state index in [4.69, 9.17) is 4.74 Å². The van der Waals surface area contributed by atoms with Gasteiger partial charge in [-0.05, 0) is 55.0 Å². The zero-order valence-corrected chi connectivity index (χ0v) is 11.4. The molecular formula is C14H12BrNO2. The Bertz CT molecular complexity index is 552. The van der Waals surface area contributed by atoms with E-state index in [1.165, 1.54) is 0 Å². The van der Waals surface area contributed by atoms with Crippen LogP contribution in [0.15, 0.2) is 46.9 Å². The summed E-state index contributed by atoms with van der Waals surface area (Å²) in [7, 11) is 0. The molecule has 18 heavy (non-hydrogen) atoms. The molecule has 0 aromatic heterocycles. The molecule has 2 rings (SSSR count). The number of carbonyl (C=O) groups excluding carboxylic acids is 1. The van der Waals surface area contributed by atoms with E-state index in [0.717, 1.165) is 27.2 Å². The Morgan fingerprint density at radius 1 is 1.11 bits per heavy atom. The van der Waals surface area contributed by atoms with Crippen LogP contribution in [0.1, 0.15) is 5.56 Å². The van der Waals surface area contributed by atoms with Gasteiger partial charge in [-0.25, -0.2) is 0 Å². The van der Waals surface area contributed by atoms with Crippen molar-refractivity contribution in [3.63, 3.8) is 0 Å². The van der Waals surface area contributed by atoms with E-state index in [0.29, 0.717) is 6.41 Å². The molecule has 0 spiro atoms. The van der Waals surface area contributed by atoms with E-state index < -0.39 is 0 Å². The van der Waals surface area contributed by atoms with Crippen LogP contribution in [-0.2, 0) is 4.79 Å². The normalized spacial score (nSPS) is 9.89. The van der Waals surface area contributed by atoms with Crippen molar-refractivity contribution < 1.29 is 9.53 Å². The second kappa shape index (κ2) is 5.69. The standard InChI is InChI=1S/C14H12BrNO2/c1-10-8-13(6-7-14(10)16-9-17)18-12-4-2-11(15)3-5-12/h2-9H,1H3,(H,16,17). The lowest BCUT2D eigenvalue weighted by Gasteiger charge is -2.09. The zero-order valence-electron chi connectivity index (χ0n) is 9.81. The highest BCUT2D eigenvalue weighted by molar-refractivity contribution is 9.10. The summed E-state index contributed by atoms with van der Waals surface area (Å²) in [5.41, 5.74) is 1.74. The van der Waals surface area contributed by atoms with Crippen molar-refractivity contribution in [1.29, 1.82) is 0 Å². The van der Waals surface area contributed by atoms with Gasteiger partial charge < -0.3 is 10.1 Å². The van der Waals surface area contributed by atoms with Crippen LogP contribution in [-0.4, -0.2) is 6.41 Å². The van der Waals surface area contributed by atoms with Crippen LogP contribution in [0.4, 0.5) is 5.69 Å². The third-order valence-corrected chi connectivity index (χ3v) is 2.99. The third-order valence-electron chi connectivity index (χ3n) is 2.46. The Morgan fingerprint density at radius 2 is 1.78 bits per heavy atom. The zero-order chi connectivity index (χ0) is 13.0. The minimum Gasteiger partial charge on any atom is -0.457 e. The summed E-state index contributed by atoms with van der Waals surface area (Å²) in [5, 5.41) is 2.63. The van der Waals surface area contributed by atoms with Crippen molar-refractivity contribution in [3.05, 3.63) is 52.5 Å². The van der Waals surface area contributed by atoms with Crippen LogP contribution in [0.25, 0.3) is 0 Å². The van der Waals surface area contributed by atoms with Gasteiger partial charge in [-0.3, -0.25) is 4.79 Å². The number of hydrogen-bond acceptors (Lipinski definition) is 2. The van der Waals surface area contributed by atoms with Crippen molar-refractivity contribution in [2.45, 2.75) is 6.92 Å². The van der Waals surface area contributed by atoms with E-state index in [-0.39, 0.29) is 0 Å². The van der Waals surface area contributed by atoms with Gasteiger partial charge in [-0.1, -0.05) is 15.9 Å². The van der Waals surface area contributed by atoms with E-state index in [1.807, 2.05) is 49.4 Å². The van der Waals surface area contributed by atoms with Crippen molar-refractivity contribution >= 4 is 28.0 Å². The fourth-order valence-corrected chi connectivity index (χ4v) is 1.83. The molecule has 0 saturated carbocycles. The van der Waals surface area contributed by atoms with Crippen LogP contribution >= 0.6 is 15.9 Å². The highest BCUT2D eigenvalue weighted by Crippen LogP contribution is 2.26. The van der Waals surface area contributed by atoms with Crippen molar-refractivity contribution in [2.24, 2.45) is 0 Å². The summed E-state index contributed by atoms with van der Waals surface area (Å²) >= 11 is 3.37. The van der Waals surface area contributed by atoms with Gasteiger partial charge in [0.2, 0.25) is 6.41 Å². The summed E-state index contributed by atoms with van der Waals surface area (Å²) in [4.78, 5) is 10.4. The smallest absolute Gasteiger partial charge is 0.211 e. The number of amides is 1. The van der Waals surface area contributed by atoms with Gasteiger partial charge in [0, 0.05) is 10.2 Å². The summed E-state index contributed by atoms with van der Waals surface area (Å²) in [5.74, 6) is 1.51. The van der Waals surface area contributed by atoms with Crippen LogP contribution in [0.5, 0.6) is 11.5 Å². The van der Waals surface area contributed by atoms with Crippen LogP contribution < -0.4 is 10.1 Å². The molecule has 0 atom stereocenters. The Balaban J connectivity index is 2.17. The number of benzene rings is 2.